The highest BCUT2D eigenvalue weighted by molar-refractivity contribution is 5.20. The third-order valence-electron chi connectivity index (χ3n) is 1.31. The minimum atomic E-state index is -0.539. The summed E-state index contributed by atoms with van der Waals surface area (Å²) in [6.07, 6.45) is 4.13. The van der Waals surface area contributed by atoms with Gasteiger partial charge >= 0.3 is 0 Å². The highest BCUT2D eigenvalue weighted by Gasteiger charge is 2.04. The van der Waals surface area contributed by atoms with Crippen LogP contribution in [0.5, 0.6) is 0 Å². The molecule has 2 heterocycles. The van der Waals surface area contributed by atoms with Gasteiger partial charge in [-0.1, -0.05) is 0 Å². The molecule has 0 bridgehead atoms. The van der Waals surface area contributed by atoms with E-state index in [2.05, 4.69) is 21.1 Å². The quantitative estimate of drug-likeness (QED) is 0.618. The van der Waals surface area contributed by atoms with Crippen molar-refractivity contribution in [3.05, 3.63) is 36.8 Å². The van der Waals surface area contributed by atoms with Crippen LogP contribution in [0.1, 0.15) is 0 Å². The Kier molecular flexibility index (Phi) is 1.55. The van der Waals surface area contributed by atoms with Crippen LogP contribution in [0.25, 0.3) is 5.82 Å². The van der Waals surface area contributed by atoms with Crippen LogP contribution in [-0.2, 0) is 0 Å². The molecule has 59 valence electrons. The lowest BCUT2D eigenvalue weighted by Crippen LogP contribution is -2.00. The smallest absolute Gasteiger partial charge is 0.191 e. The molecule has 0 aromatic carbocycles. The van der Waals surface area contributed by atoms with Gasteiger partial charge in [0.2, 0.25) is 0 Å². The van der Waals surface area contributed by atoms with E-state index in [4.69, 9.17) is 0 Å². The van der Waals surface area contributed by atoms with Crippen molar-refractivity contribution in [1.82, 2.24) is 19.7 Å². The summed E-state index contributed by atoms with van der Waals surface area (Å²) < 4.78 is 14.2. The van der Waals surface area contributed by atoms with E-state index in [1.54, 1.807) is 0 Å². The van der Waals surface area contributed by atoms with E-state index in [-0.39, 0.29) is 5.82 Å². The van der Waals surface area contributed by atoms with E-state index in [1.807, 2.05) is 0 Å². The van der Waals surface area contributed by atoms with E-state index in [0.717, 1.165) is 0 Å². The molecule has 0 saturated carbocycles. The minimum absolute atomic E-state index is 0.106. The number of rotatable bonds is 1. The first-order valence-electron chi connectivity index (χ1n) is 3.25. The predicted octanol–water partition coefficient (Wildman–Crippen LogP) is 0.602. The maximum atomic E-state index is 12.9. The Bertz CT molecular complexity index is 371. The van der Waals surface area contributed by atoms with Gasteiger partial charge in [-0.3, -0.25) is 0 Å². The molecular weight excluding hydrogens is 159 g/mol. The largest absolute Gasteiger partial charge is 0.234 e. The van der Waals surface area contributed by atoms with Crippen LogP contribution in [0.4, 0.5) is 4.39 Å². The van der Waals surface area contributed by atoms with Crippen LogP contribution >= 0.6 is 0 Å². The van der Waals surface area contributed by atoms with Gasteiger partial charge in [-0.05, 0) is 6.07 Å². The molecule has 2 rings (SSSR count). The van der Waals surface area contributed by atoms with E-state index in [9.17, 15) is 4.39 Å². The van der Waals surface area contributed by atoms with Gasteiger partial charge in [0.15, 0.2) is 11.6 Å². The van der Waals surface area contributed by atoms with Crippen LogP contribution < -0.4 is 0 Å². The van der Waals surface area contributed by atoms with Crippen LogP contribution in [0.2, 0.25) is 0 Å². The Morgan fingerprint density at radius 2 is 2.42 bits per heavy atom. The maximum Gasteiger partial charge on any atom is 0.191 e. The van der Waals surface area contributed by atoms with E-state index < -0.39 is 5.82 Å². The van der Waals surface area contributed by atoms with Crippen molar-refractivity contribution in [1.29, 1.82) is 0 Å². The van der Waals surface area contributed by atoms with Crippen molar-refractivity contribution < 1.29 is 4.39 Å². The van der Waals surface area contributed by atoms with Crippen molar-refractivity contribution in [2.24, 2.45) is 0 Å². The molecule has 0 fully saturated rings. The second kappa shape index (κ2) is 2.69. The second-order valence-corrected chi connectivity index (χ2v) is 2.07. The Hall–Kier alpha value is -1.78. The molecule has 0 spiro atoms. The Labute approximate surface area is 67.7 Å². The van der Waals surface area contributed by atoms with Gasteiger partial charge in [0.25, 0.3) is 0 Å². The van der Waals surface area contributed by atoms with Crippen molar-refractivity contribution in [2.75, 3.05) is 0 Å². The topological polar surface area (TPSA) is 43.6 Å². The van der Waals surface area contributed by atoms with Gasteiger partial charge in [0, 0.05) is 12.3 Å². The molecule has 0 N–H and O–H groups in total. The Morgan fingerprint density at radius 3 is 3.08 bits per heavy atom. The highest BCUT2D eigenvalue weighted by atomic mass is 19.1. The fourth-order valence-corrected chi connectivity index (χ4v) is 0.817. The number of hydrogen-bond acceptors (Lipinski definition) is 3. The van der Waals surface area contributed by atoms with Gasteiger partial charge in [-0.25, -0.2) is 14.4 Å². The number of hydrogen-bond donors (Lipinski definition) is 0. The lowest BCUT2D eigenvalue weighted by Gasteiger charge is -1.97. The van der Waals surface area contributed by atoms with Crippen molar-refractivity contribution in [3.63, 3.8) is 0 Å². The zero-order chi connectivity index (χ0) is 8.39. The van der Waals surface area contributed by atoms with Crippen LogP contribution in [-0.4, -0.2) is 19.7 Å². The van der Waals surface area contributed by atoms with E-state index in [1.165, 1.54) is 29.6 Å². The molecule has 4 nitrogen and oxygen atoms in total. The molecular formula is C7H4FN4. The molecule has 0 aliphatic heterocycles. The summed E-state index contributed by atoms with van der Waals surface area (Å²) in [5.41, 5.74) is 0. The lowest BCUT2D eigenvalue weighted by molar-refractivity contribution is 0.598. The van der Waals surface area contributed by atoms with Crippen molar-refractivity contribution in [2.45, 2.75) is 0 Å². The molecule has 5 heteroatoms. The van der Waals surface area contributed by atoms with Crippen molar-refractivity contribution >= 4 is 0 Å². The number of halogens is 1. The Balaban J connectivity index is 2.55. The molecule has 2 aromatic rings. The molecule has 0 saturated heterocycles. The van der Waals surface area contributed by atoms with E-state index in [0.29, 0.717) is 0 Å². The highest BCUT2D eigenvalue weighted by Crippen LogP contribution is 2.04. The SMILES string of the molecule is Fc1[c]ccnc1-n1cncn1. The van der Waals surface area contributed by atoms with Gasteiger partial charge in [-0.15, -0.1) is 0 Å². The van der Waals surface area contributed by atoms with Crippen LogP contribution in [0.3, 0.4) is 0 Å². The van der Waals surface area contributed by atoms with Gasteiger partial charge in [0.05, 0.1) is 0 Å². The summed E-state index contributed by atoms with van der Waals surface area (Å²) in [6.45, 7) is 0. The number of aromatic nitrogens is 4. The Morgan fingerprint density at radius 1 is 1.50 bits per heavy atom. The summed E-state index contributed by atoms with van der Waals surface area (Å²) in [5.74, 6) is -0.432. The van der Waals surface area contributed by atoms with E-state index >= 15 is 0 Å². The summed E-state index contributed by atoms with van der Waals surface area (Å²) >= 11 is 0. The molecule has 2 aromatic heterocycles. The average Bonchev–Trinajstić information content (AvgIpc) is 2.57. The normalized spacial score (nSPS) is 10.1. The fourth-order valence-electron chi connectivity index (χ4n) is 0.817. The van der Waals surface area contributed by atoms with Crippen LogP contribution in [0.15, 0.2) is 24.9 Å². The third kappa shape index (κ3) is 1.05. The molecule has 0 unspecified atom stereocenters. The molecule has 0 amide bonds. The lowest BCUT2D eigenvalue weighted by atomic mass is 10.4. The summed E-state index contributed by atoms with van der Waals surface area (Å²) in [6, 6.07) is 3.77. The predicted molar refractivity (Wildman–Crippen MR) is 37.9 cm³/mol. The van der Waals surface area contributed by atoms with Crippen molar-refractivity contribution in [3.8, 4) is 5.82 Å². The van der Waals surface area contributed by atoms with Gasteiger partial charge < -0.3 is 0 Å². The molecule has 1 radical (unpaired) electrons. The molecule has 0 aliphatic rings. The second-order valence-electron chi connectivity index (χ2n) is 2.07. The molecule has 0 aliphatic carbocycles. The standard InChI is InChI=1S/C7H4FN4/c8-6-2-1-3-10-7(6)12-5-9-4-11-12/h1,3-5H. The van der Waals surface area contributed by atoms with Gasteiger partial charge in [-0.2, -0.15) is 9.78 Å². The summed E-state index contributed by atoms with van der Waals surface area (Å²) in [4.78, 5) is 7.45. The maximum absolute atomic E-state index is 12.9. The zero-order valence-corrected chi connectivity index (χ0v) is 5.98. The first-order chi connectivity index (χ1) is 5.88. The first-order valence-corrected chi connectivity index (χ1v) is 3.25. The molecule has 12 heavy (non-hydrogen) atoms. The minimum Gasteiger partial charge on any atom is -0.234 e. The average molecular weight is 163 g/mol. The van der Waals surface area contributed by atoms with Crippen LogP contribution in [0, 0.1) is 11.9 Å². The summed E-state index contributed by atoms with van der Waals surface area (Å²) in [7, 11) is 0. The molecule has 0 atom stereocenters. The first kappa shape index (κ1) is 6.90. The number of nitrogens with zero attached hydrogens (tertiary/aromatic N) is 4. The summed E-state index contributed by atoms with van der Waals surface area (Å²) in [5, 5.41) is 3.73. The number of pyridine rings is 1. The third-order valence-corrected chi connectivity index (χ3v) is 1.31. The zero-order valence-electron chi connectivity index (χ0n) is 5.98. The monoisotopic (exact) mass is 163 g/mol. The fraction of sp³-hybridized carbons (Fsp3) is 0. The van der Waals surface area contributed by atoms with Gasteiger partial charge in [0.1, 0.15) is 12.7 Å².